The van der Waals surface area contributed by atoms with Crippen LogP contribution in [0.4, 0.5) is 40.3 Å². The van der Waals surface area contributed by atoms with Crippen molar-refractivity contribution in [2.24, 2.45) is 0 Å². The number of hydrogen-bond donors (Lipinski definition) is 1. The predicted molar refractivity (Wildman–Crippen MR) is 165 cm³/mol. The quantitative estimate of drug-likeness (QED) is 0.191. The number of urea groups is 1. The summed E-state index contributed by atoms with van der Waals surface area (Å²) in [6.07, 6.45) is -8.58. The van der Waals surface area contributed by atoms with Gasteiger partial charge in [0, 0.05) is 13.6 Å². The first-order valence-corrected chi connectivity index (χ1v) is 15.1. The molecule has 0 radical (unpaired) electrons. The van der Waals surface area contributed by atoms with Crippen LogP contribution in [0.5, 0.6) is 0 Å². The third-order valence-corrected chi connectivity index (χ3v) is 8.72. The van der Waals surface area contributed by atoms with E-state index in [1.54, 1.807) is 37.3 Å². The number of nitrogens with one attached hydrogen (secondary N) is 1. The van der Waals surface area contributed by atoms with E-state index in [2.05, 4.69) is 11.9 Å². The zero-order valence-electron chi connectivity index (χ0n) is 26.6. The Hall–Kier alpha value is -4.55. The highest BCUT2D eigenvalue weighted by Crippen LogP contribution is 2.42. The highest BCUT2D eigenvalue weighted by Gasteiger charge is 2.45. The van der Waals surface area contributed by atoms with Crippen LogP contribution in [-0.2, 0) is 23.7 Å². The van der Waals surface area contributed by atoms with E-state index >= 15 is 0 Å². The maximum Gasteiger partial charge on any atom is 0.416 e. The largest absolute Gasteiger partial charge is 0.445 e. The molecule has 3 aromatic carbocycles. The molecule has 0 bridgehead atoms. The van der Waals surface area contributed by atoms with Gasteiger partial charge in [0.05, 0.1) is 28.7 Å². The molecule has 6 nitrogen and oxygen atoms in total. The number of ether oxygens (including phenoxy) is 1. The van der Waals surface area contributed by atoms with Crippen molar-refractivity contribution in [1.82, 2.24) is 15.1 Å². The molecule has 1 aliphatic heterocycles. The van der Waals surface area contributed by atoms with Crippen LogP contribution < -0.4 is 5.32 Å². The lowest BCUT2D eigenvalue weighted by molar-refractivity contribution is -0.143. The molecule has 0 saturated carbocycles. The number of alkyl carbamates (subject to hydrolysis) is 1. The number of amides is 3. The molecule has 3 amide bonds. The fourth-order valence-corrected chi connectivity index (χ4v) is 6.01. The zero-order chi connectivity index (χ0) is 35.4. The second kappa shape index (κ2) is 14.3. The van der Waals surface area contributed by atoms with Gasteiger partial charge in [0.15, 0.2) is 0 Å². The average Bonchev–Trinajstić information content (AvgIpc) is 3.02. The number of carbonyl (C=O) groups excluding carboxylic acids is 2. The van der Waals surface area contributed by atoms with Crippen molar-refractivity contribution in [2.45, 2.75) is 69.7 Å². The van der Waals surface area contributed by atoms with Crippen molar-refractivity contribution in [3.05, 3.63) is 119 Å². The number of aryl methyl sites for hydroxylation is 1. The summed E-state index contributed by atoms with van der Waals surface area (Å²) in [7, 11) is 1.29. The lowest BCUT2D eigenvalue weighted by atomic mass is 9.77. The normalized spacial score (nSPS) is 19.0. The Morgan fingerprint density at radius 1 is 1.04 bits per heavy atom. The molecule has 0 aliphatic carbocycles. The number of hydrogen-bond acceptors (Lipinski definition) is 3. The Morgan fingerprint density at radius 3 is 2.23 bits per heavy atom. The van der Waals surface area contributed by atoms with Crippen LogP contribution in [0.1, 0.15) is 71.7 Å². The van der Waals surface area contributed by atoms with Crippen LogP contribution in [0.25, 0.3) is 0 Å². The molecule has 3 aromatic rings. The van der Waals surface area contributed by atoms with E-state index in [1.807, 2.05) is 6.07 Å². The predicted octanol–water partition coefficient (Wildman–Crippen LogP) is 9.36. The van der Waals surface area contributed by atoms with Crippen LogP contribution >= 0.6 is 0 Å². The molecule has 13 heteroatoms. The van der Waals surface area contributed by atoms with Gasteiger partial charge in [-0.05, 0) is 85.7 Å². The van der Waals surface area contributed by atoms with Gasteiger partial charge >= 0.3 is 24.5 Å². The molecule has 0 spiro atoms. The smallest absolute Gasteiger partial charge is 0.416 e. The van der Waals surface area contributed by atoms with Gasteiger partial charge in [0.1, 0.15) is 12.4 Å². The number of piperidine rings is 1. The van der Waals surface area contributed by atoms with E-state index in [1.165, 1.54) is 37.1 Å². The molecule has 48 heavy (non-hydrogen) atoms. The van der Waals surface area contributed by atoms with Crippen molar-refractivity contribution in [2.75, 3.05) is 13.6 Å². The van der Waals surface area contributed by atoms with Crippen molar-refractivity contribution in [3.63, 3.8) is 0 Å². The van der Waals surface area contributed by atoms with E-state index in [0.717, 1.165) is 10.5 Å². The molecule has 0 aromatic heterocycles. The number of nitrogens with zero attached hydrogens (tertiary/aromatic N) is 2. The molecule has 1 saturated heterocycles. The monoisotopic (exact) mass is 679 g/mol. The minimum atomic E-state index is -5.06. The summed E-state index contributed by atoms with van der Waals surface area (Å²) in [5, 5.41) is 2.94. The van der Waals surface area contributed by atoms with E-state index in [-0.39, 0.29) is 44.0 Å². The summed E-state index contributed by atoms with van der Waals surface area (Å²) in [5.41, 5.74) is -2.46. The molecular formula is C35H36F7N3O3. The van der Waals surface area contributed by atoms with Gasteiger partial charge in [0.2, 0.25) is 0 Å². The lowest BCUT2D eigenvalue weighted by Crippen LogP contribution is -2.58. The number of carbonyl (C=O) groups is 2. The highest BCUT2D eigenvalue weighted by atomic mass is 19.4. The van der Waals surface area contributed by atoms with Gasteiger partial charge in [-0.1, -0.05) is 42.5 Å². The Labute approximate surface area is 274 Å². The van der Waals surface area contributed by atoms with Crippen LogP contribution in [0, 0.1) is 12.7 Å². The summed E-state index contributed by atoms with van der Waals surface area (Å²) in [4.78, 5) is 29.6. The molecule has 4 rings (SSSR count). The zero-order valence-corrected chi connectivity index (χ0v) is 26.6. The van der Waals surface area contributed by atoms with Crippen LogP contribution in [0.3, 0.4) is 0 Å². The third kappa shape index (κ3) is 8.48. The Bertz CT molecular complexity index is 1600. The minimum absolute atomic E-state index is 0.0101. The summed E-state index contributed by atoms with van der Waals surface area (Å²) in [5.74, 6) is -0.513. The van der Waals surface area contributed by atoms with E-state index in [4.69, 9.17) is 4.74 Å². The highest BCUT2D eigenvalue weighted by molar-refractivity contribution is 5.76. The van der Waals surface area contributed by atoms with E-state index in [0.29, 0.717) is 23.3 Å². The van der Waals surface area contributed by atoms with Gasteiger partial charge in [-0.3, -0.25) is 0 Å². The molecular weight excluding hydrogens is 643 g/mol. The lowest BCUT2D eigenvalue weighted by Gasteiger charge is -2.48. The number of rotatable bonds is 8. The third-order valence-electron chi connectivity index (χ3n) is 8.72. The maximum absolute atomic E-state index is 14.2. The van der Waals surface area contributed by atoms with Crippen molar-refractivity contribution < 1.29 is 45.1 Å². The number of alkyl halides is 6. The van der Waals surface area contributed by atoms with Crippen molar-refractivity contribution >= 4 is 12.1 Å². The summed E-state index contributed by atoms with van der Waals surface area (Å²) in [6, 6.07) is 11.6. The van der Waals surface area contributed by atoms with Crippen LogP contribution in [0.15, 0.2) is 79.4 Å². The number of likely N-dealkylation sites (tertiary alicyclic amines) is 1. The van der Waals surface area contributed by atoms with E-state index in [9.17, 15) is 40.3 Å². The Balaban J connectivity index is 1.65. The number of halogens is 7. The molecule has 1 N–H and O–H groups in total. The Kier molecular flexibility index (Phi) is 10.8. The summed E-state index contributed by atoms with van der Waals surface area (Å²) in [6.45, 7) is 6.85. The van der Waals surface area contributed by atoms with Gasteiger partial charge in [-0.2, -0.15) is 26.3 Å². The molecule has 3 atom stereocenters. The molecule has 258 valence electrons. The first-order valence-electron chi connectivity index (χ1n) is 15.1. The molecule has 1 aliphatic rings. The van der Waals surface area contributed by atoms with Gasteiger partial charge in [-0.15, -0.1) is 6.58 Å². The van der Waals surface area contributed by atoms with Crippen LogP contribution in [0.2, 0.25) is 0 Å². The number of benzene rings is 3. The van der Waals surface area contributed by atoms with Crippen molar-refractivity contribution in [1.29, 1.82) is 0 Å². The molecule has 1 fully saturated rings. The summed E-state index contributed by atoms with van der Waals surface area (Å²) >= 11 is 0. The first-order chi connectivity index (χ1) is 22.4. The second-order valence-corrected chi connectivity index (χ2v) is 12.0. The fourth-order valence-electron chi connectivity index (χ4n) is 6.01. The van der Waals surface area contributed by atoms with Gasteiger partial charge in [-0.25, -0.2) is 14.0 Å². The minimum Gasteiger partial charge on any atom is -0.445 e. The Morgan fingerprint density at radius 2 is 1.67 bits per heavy atom. The molecule has 1 heterocycles. The standard InChI is InChI=1S/C35H36F7N3O3/c1-5-13-33(43-31(46)48-21-24-9-7-6-8-10-24)14-15-45(30(20-33)29-12-11-28(36)16-22(29)2)32(47)44(4)23(3)25-17-26(34(37,38)39)19-27(18-25)35(40,41)42/h5-12,16-19,23,30H,1,13-15,20-21H2,2-4H3,(H,43,46)/t23-,30?,33+/m1/s1. The van der Waals surface area contributed by atoms with E-state index < -0.39 is 59.0 Å². The summed E-state index contributed by atoms with van der Waals surface area (Å²) < 4.78 is 101. The first kappa shape index (κ1) is 36.3. The SMILES string of the molecule is C=CC[C@]1(NC(=O)OCc2ccccc2)CCN(C(=O)N(C)[C@H](C)c2cc(C(F)(F)F)cc(C(F)(F)F)c2)C(c2ccc(F)cc2C)C1. The molecule has 1 unspecified atom stereocenters. The topological polar surface area (TPSA) is 61.9 Å². The van der Waals surface area contributed by atoms with Gasteiger partial charge < -0.3 is 19.9 Å². The average molecular weight is 680 g/mol. The fraction of sp³-hybridized carbons (Fsp3) is 0.371. The maximum atomic E-state index is 14.2. The van der Waals surface area contributed by atoms with Crippen molar-refractivity contribution in [3.8, 4) is 0 Å². The van der Waals surface area contributed by atoms with Gasteiger partial charge in [0.25, 0.3) is 0 Å². The van der Waals surface area contributed by atoms with Crippen LogP contribution in [-0.4, -0.2) is 41.1 Å². The second-order valence-electron chi connectivity index (χ2n) is 12.0.